The average Bonchev–Trinajstić information content (AvgIpc) is 3.19. The smallest absolute Gasteiger partial charge is 0.322 e. The van der Waals surface area contributed by atoms with Gasteiger partial charge < -0.3 is 19.9 Å². The molecule has 1 aromatic carbocycles. The first-order chi connectivity index (χ1) is 11.9. The van der Waals surface area contributed by atoms with Crippen LogP contribution in [0.3, 0.4) is 0 Å². The number of benzene rings is 1. The number of likely N-dealkylation sites (N-methyl/N-ethyl adjacent to an activating group) is 1. The number of nitrogens with one attached hydrogen (secondary N) is 1. The maximum absolute atomic E-state index is 13.0. The third-order valence-corrected chi connectivity index (χ3v) is 5.10. The molecule has 2 aliphatic rings. The van der Waals surface area contributed by atoms with E-state index in [1.165, 1.54) is 0 Å². The van der Waals surface area contributed by atoms with E-state index in [1.807, 2.05) is 19.0 Å². The molecule has 3 rings (SSSR count). The molecule has 0 spiro atoms. The van der Waals surface area contributed by atoms with E-state index in [4.69, 9.17) is 4.74 Å². The fourth-order valence-electron chi connectivity index (χ4n) is 3.71. The molecule has 2 aliphatic heterocycles. The lowest BCUT2D eigenvalue weighted by Crippen LogP contribution is -2.36. The molecule has 7 heteroatoms. The van der Waals surface area contributed by atoms with E-state index in [0.29, 0.717) is 42.0 Å². The van der Waals surface area contributed by atoms with Crippen LogP contribution in [0.4, 0.5) is 10.5 Å². The van der Waals surface area contributed by atoms with Gasteiger partial charge in [-0.3, -0.25) is 9.69 Å². The predicted molar refractivity (Wildman–Crippen MR) is 96.3 cm³/mol. The monoisotopic (exact) mass is 346 g/mol. The molecule has 0 aromatic heterocycles. The van der Waals surface area contributed by atoms with Crippen LogP contribution in [0, 0.1) is 5.92 Å². The first-order valence-corrected chi connectivity index (χ1v) is 8.61. The Kier molecular flexibility index (Phi) is 4.85. The summed E-state index contributed by atoms with van der Waals surface area (Å²) in [6.45, 7) is 4.79. The minimum atomic E-state index is -0.162. The molecule has 1 N–H and O–H groups in total. The van der Waals surface area contributed by atoms with Crippen LogP contribution in [0.25, 0.3) is 0 Å². The minimum Gasteiger partial charge on any atom is -0.495 e. The van der Waals surface area contributed by atoms with Crippen LogP contribution in [0.2, 0.25) is 0 Å². The molecule has 3 amide bonds. The van der Waals surface area contributed by atoms with Crippen LogP contribution in [0.5, 0.6) is 5.75 Å². The Bertz CT molecular complexity index is 676. The van der Waals surface area contributed by atoms with E-state index >= 15 is 0 Å². The first kappa shape index (κ1) is 17.5. The van der Waals surface area contributed by atoms with Crippen LogP contribution in [-0.2, 0) is 0 Å². The van der Waals surface area contributed by atoms with Gasteiger partial charge in [0, 0.05) is 37.8 Å². The van der Waals surface area contributed by atoms with Crippen LogP contribution >= 0.6 is 0 Å². The molecule has 0 bridgehead atoms. The second-order valence-corrected chi connectivity index (χ2v) is 6.99. The predicted octanol–water partition coefficient (Wildman–Crippen LogP) is 1.25. The summed E-state index contributed by atoms with van der Waals surface area (Å²) in [7, 11) is 5.66. The lowest BCUT2D eigenvalue weighted by atomic mass is 10.1. The van der Waals surface area contributed by atoms with Crippen molar-refractivity contribution in [2.45, 2.75) is 13.0 Å². The Morgan fingerprint density at radius 1 is 1.32 bits per heavy atom. The highest BCUT2D eigenvalue weighted by molar-refractivity contribution is 6.00. The highest BCUT2D eigenvalue weighted by atomic mass is 16.5. The third kappa shape index (κ3) is 3.28. The summed E-state index contributed by atoms with van der Waals surface area (Å²) >= 11 is 0. The molecule has 0 aliphatic carbocycles. The van der Waals surface area contributed by atoms with Crippen molar-refractivity contribution >= 4 is 17.6 Å². The lowest BCUT2D eigenvalue weighted by molar-refractivity contribution is 0.0781. The van der Waals surface area contributed by atoms with Gasteiger partial charge in [0.1, 0.15) is 5.75 Å². The summed E-state index contributed by atoms with van der Waals surface area (Å²) in [5.74, 6) is 1.02. The van der Waals surface area contributed by atoms with E-state index in [0.717, 1.165) is 13.1 Å². The Morgan fingerprint density at radius 2 is 2.08 bits per heavy atom. The SMILES string of the molecule is COc1ccc(C(=O)N2CC(C)C(N(C)C)C2)cc1N1CCNC1=O. The van der Waals surface area contributed by atoms with E-state index in [-0.39, 0.29) is 11.9 Å². The maximum atomic E-state index is 13.0. The number of ether oxygens (including phenoxy) is 1. The number of likely N-dealkylation sites (tertiary alicyclic amines) is 1. The summed E-state index contributed by atoms with van der Waals surface area (Å²) in [5.41, 5.74) is 1.22. The second-order valence-electron chi connectivity index (χ2n) is 6.99. The van der Waals surface area contributed by atoms with Crippen molar-refractivity contribution in [2.75, 3.05) is 52.3 Å². The van der Waals surface area contributed by atoms with Gasteiger partial charge in [-0.25, -0.2) is 4.79 Å². The number of hydrogen-bond acceptors (Lipinski definition) is 4. The van der Waals surface area contributed by atoms with E-state index in [2.05, 4.69) is 17.1 Å². The standard InChI is InChI=1S/C18H26N4O3/c1-12-10-21(11-15(12)20(2)3)17(23)13-5-6-16(25-4)14(9-13)22-8-7-19-18(22)24/h5-6,9,12,15H,7-8,10-11H2,1-4H3,(H,19,24). The molecule has 25 heavy (non-hydrogen) atoms. The molecule has 2 fully saturated rings. The molecule has 1 aromatic rings. The van der Waals surface area contributed by atoms with Gasteiger partial charge in [-0.15, -0.1) is 0 Å². The van der Waals surface area contributed by atoms with Crippen LogP contribution in [-0.4, -0.2) is 75.2 Å². The van der Waals surface area contributed by atoms with Gasteiger partial charge in [0.15, 0.2) is 0 Å². The van der Waals surface area contributed by atoms with Gasteiger partial charge in [0.05, 0.1) is 12.8 Å². The first-order valence-electron chi connectivity index (χ1n) is 8.61. The fraction of sp³-hybridized carbons (Fsp3) is 0.556. The number of nitrogens with zero attached hydrogens (tertiary/aromatic N) is 3. The molecule has 2 unspecified atom stereocenters. The molecule has 0 saturated carbocycles. The summed E-state index contributed by atoms with van der Waals surface area (Å²) < 4.78 is 5.38. The number of amides is 3. The quantitative estimate of drug-likeness (QED) is 0.891. The highest BCUT2D eigenvalue weighted by Crippen LogP contribution is 2.31. The third-order valence-electron chi connectivity index (χ3n) is 5.10. The molecular formula is C18H26N4O3. The summed E-state index contributed by atoms with van der Waals surface area (Å²) in [6, 6.07) is 5.50. The summed E-state index contributed by atoms with van der Waals surface area (Å²) in [4.78, 5) is 30.6. The van der Waals surface area contributed by atoms with Crippen molar-refractivity contribution in [3.63, 3.8) is 0 Å². The number of rotatable bonds is 4. The topological polar surface area (TPSA) is 65.1 Å². The number of hydrogen-bond donors (Lipinski definition) is 1. The Balaban J connectivity index is 1.85. The summed E-state index contributed by atoms with van der Waals surface area (Å²) in [5, 5.41) is 2.78. The number of anilines is 1. The normalized spacial score (nSPS) is 23.3. The largest absolute Gasteiger partial charge is 0.495 e. The van der Waals surface area contributed by atoms with Gasteiger partial charge in [-0.2, -0.15) is 0 Å². The van der Waals surface area contributed by atoms with E-state index < -0.39 is 0 Å². The van der Waals surface area contributed by atoms with E-state index in [9.17, 15) is 9.59 Å². The Morgan fingerprint density at radius 3 is 2.64 bits per heavy atom. The molecule has 0 radical (unpaired) electrons. The molecular weight excluding hydrogens is 320 g/mol. The minimum absolute atomic E-state index is 0.000270. The summed E-state index contributed by atoms with van der Waals surface area (Å²) in [6.07, 6.45) is 0. The molecule has 136 valence electrons. The van der Waals surface area contributed by atoms with Gasteiger partial charge in [0.25, 0.3) is 5.91 Å². The molecule has 2 atom stereocenters. The van der Waals surface area contributed by atoms with Gasteiger partial charge in [0.2, 0.25) is 0 Å². The molecule has 7 nitrogen and oxygen atoms in total. The number of methoxy groups -OCH3 is 1. The maximum Gasteiger partial charge on any atom is 0.322 e. The van der Waals surface area contributed by atoms with Crippen LogP contribution in [0.1, 0.15) is 17.3 Å². The number of carbonyl (C=O) groups is 2. The van der Waals surface area contributed by atoms with Gasteiger partial charge in [-0.1, -0.05) is 6.92 Å². The fourth-order valence-corrected chi connectivity index (χ4v) is 3.71. The van der Waals surface area contributed by atoms with Crippen molar-refractivity contribution in [3.8, 4) is 5.75 Å². The Hall–Kier alpha value is -2.28. The highest BCUT2D eigenvalue weighted by Gasteiger charge is 2.34. The number of urea groups is 1. The zero-order chi connectivity index (χ0) is 18.1. The van der Waals surface area contributed by atoms with Crippen LogP contribution < -0.4 is 15.0 Å². The average molecular weight is 346 g/mol. The zero-order valence-electron chi connectivity index (χ0n) is 15.3. The second kappa shape index (κ2) is 6.92. The molecule has 2 saturated heterocycles. The van der Waals surface area contributed by atoms with Crippen molar-refractivity contribution in [1.29, 1.82) is 0 Å². The van der Waals surface area contributed by atoms with Crippen LogP contribution in [0.15, 0.2) is 18.2 Å². The lowest BCUT2D eigenvalue weighted by Gasteiger charge is -2.23. The van der Waals surface area contributed by atoms with Gasteiger partial charge in [-0.05, 0) is 38.2 Å². The van der Waals surface area contributed by atoms with Crippen molar-refractivity contribution in [2.24, 2.45) is 5.92 Å². The van der Waals surface area contributed by atoms with E-state index in [1.54, 1.807) is 30.2 Å². The Labute approximate surface area is 148 Å². The van der Waals surface area contributed by atoms with Crippen molar-refractivity contribution in [1.82, 2.24) is 15.1 Å². The number of carbonyl (C=O) groups excluding carboxylic acids is 2. The van der Waals surface area contributed by atoms with Crippen molar-refractivity contribution in [3.05, 3.63) is 23.8 Å². The van der Waals surface area contributed by atoms with Gasteiger partial charge >= 0.3 is 6.03 Å². The van der Waals surface area contributed by atoms with Crippen molar-refractivity contribution < 1.29 is 14.3 Å². The molecule has 2 heterocycles. The zero-order valence-corrected chi connectivity index (χ0v) is 15.3.